The van der Waals surface area contributed by atoms with Gasteiger partial charge in [0.2, 0.25) is 11.8 Å². The van der Waals surface area contributed by atoms with Crippen LogP contribution in [0.4, 0.5) is 0 Å². The fourth-order valence-corrected chi connectivity index (χ4v) is 1.93. The second-order valence-electron chi connectivity index (χ2n) is 4.26. The molecule has 1 aromatic rings. The first kappa shape index (κ1) is 9.90. The van der Waals surface area contributed by atoms with E-state index in [1.54, 1.807) is 0 Å². The molecule has 78 valence electrons. The highest BCUT2D eigenvalue weighted by molar-refractivity contribution is 6.08. The van der Waals surface area contributed by atoms with E-state index in [-0.39, 0.29) is 18.2 Å². The number of hydrogen-bond donors (Lipinski definition) is 1. The molecule has 3 heteroatoms. The molecular formula is C12H13NO2. The summed E-state index contributed by atoms with van der Waals surface area (Å²) in [5, 5.41) is 2.35. The van der Waals surface area contributed by atoms with Crippen LogP contribution in [0.2, 0.25) is 0 Å². The average Bonchev–Trinajstić information content (AvgIpc) is 2.42. The van der Waals surface area contributed by atoms with E-state index in [0.717, 1.165) is 11.1 Å². The normalized spacial score (nSPS) is 25.5. The molecule has 1 aliphatic rings. The van der Waals surface area contributed by atoms with E-state index < -0.39 is 5.41 Å². The van der Waals surface area contributed by atoms with Crippen LogP contribution in [-0.4, -0.2) is 11.8 Å². The van der Waals surface area contributed by atoms with E-state index in [1.165, 1.54) is 0 Å². The third-order valence-electron chi connectivity index (χ3n) is 2.92. The maximum atomic E-state index is 11.7. The number of nitrogens with one attached hydrogen (secondary N) is 1. The van der Waals surface area contributed by atoms with Crippen molar-refractivity contribution in [3.05, 3.63) is 35.4 Å². The van der Waals surface area contributed by atoms with E-state index >= 15 is 0 Å². The van der Waals surface area contributed by atoms with E-state index in [2.05, 4.69) is 5.32 Å². The van der Waals surface area contributed by atoms with E-state index in [0.29, 0.717) is 0 Å². The Hall–Kier alpha value is -1.64. The molecule has 0 aromatic heterocycles. The number of carbonyl (C=O) groups excluding carboxylic acids is 2. The van der Waals surface area contributed by atoms with Crippen LogP contribution in [0.1, 0.15) is 24.5 Å². The van der Waals surface area contributed by atoms with Crippen molar-refractivity contribution in [2.75, 3.05) is 0 Å². The summed E-state index contributed by atoms with van der Waals surface area (Å²) in [6.07, 6.45) is 0.245. The number of rotatable bonds is 1. The van der Waals surface area contributed by atoms with Gasteiger partial charge in [0.15, 0.2) is 0 Å². The van der Waals surface area contributed by atoms with Gasteiger partial charge < -0.3 is 0 Å². The first-order valence-corrected chi connectivity index (χ1v) is 4.94. The summed E-state index contributed by atoms with van der Waals surface area (Å²) >= 11 is 0. The molecule has 0 saturated carbocycles. The highest BCUT2D eigenvalue weighted by Crippen LogP contribution is 2.31. The van der Waals surface area contributed by atoms with Gasteiger partial charge in [0.1, 0.15) is 0 Å². The topological polar surface area (TPSA) is 46.2 Å². The summed E-state index contributed by atoms with van der Waals surface area (Å²) in [5.41, 5.74) is 1.31. The Kier molecular flexibility index (Phi) is 2.11. The second-order valence-corrected chi connectivity index (χ2v) is 4.26. The number of amides is 2. The zero-order valence-electron chi connectivity index (χ0n) is 8.83. The maximum Gasteiger partial charge on any atom is 0.237 e. The average molecular weight is 203 g/mol. The fourth-order valence-electron chi connectivity index (χ4n) is 1.93. The van der Waals surface area contributed by atoms with E-state index in [1.807, 2.05) is 38.1 Å². The Bertz CT molecular complexity index is 439. The quantitative estimate of drug-likeness (QED) is 0.699. The molecule has 1 atom stereocenters. The lowest BCUT2D eigenvalue weighted by Crippen LogP contribution is -2.32. The monoisotopic (exact) mass is 203 g/mol. The smallest absolute Gasteiger partial charge is 0.237 e. The Morgan fingerprint density at radius 1 is 1.33 bits per heavy atom. The highest BCUT2D eigenvalue weighted by atomic mass is 16.2. The lowest BCUT2D eigenvalue weighted by molar-refractivity contribution is -0.126. The van der Waals surface area contributed by atoms with Gasteiger partial charge in [0.25, 0.3) is 0 Å². The van der Waals surface area contributed by atoms with E-state index in [9.17, 15) is 9.59 Å². The molecular weight excluding hydrogens is 190 g/mol. The minimum atomic E-state index is -0.691. The van der Waals surface area contributed by atoms with Gasteiger partial charge in [-0.15, -0.1) is 0 Å². The van der Waals surface area contributed by atoms with Gasteiger partial charge in [-0.25, -0.2) is 0 Å². The van der Waals surface area contributed by atoms with Gasteiger partial charge in [-0.1, -0.05) is 29.8 Å². The van der Waals surface area contributed by atoms with Crippen molar-refractivity contribution in [2.24, 2.45) is 0 Å². The fraction of sp³-hybridized carbons (Fsp3) is 0.333. The molecule has 1 saturated heterocycles. The summed E-state index contributed by atoms with van der Waals surface area (Å²) < 4.78 is 0. The predicted molar refractivity (Wildman–Crippen MR) is 56.3 cm³/mol. The second kappa shape index (κ2) is 3.19. The van der Waals surface area contributed by atoms with Crippen LogP contribution in [0.15, 0.2) is 24.3 Å². The summed E-state index contributed by atoms with van der Waals surface area (Å²) in [6, 6.07) is 7.73. The number of carbonyl (C=O) groups is 2. The Morgan fingerprint density at radius 2 is 2.07 bits per heavy atom. The largest absolute Gasteiger partial charge is 0.296 e. The van der Waals surface area contributed by atoms with Gasteiger partial charge in [0, 0.05) is 6.42 Å². The SMILES string of the molecule is Cc1cccc(C2(C)CC(=O)NC2=O)c1. The van der Waals surface area contributed by atoms with Gasteiger partial charge in [-0.3, -0.25) is 14.9 Å². The highest BCUT2D eigenvalue weighted by Gasteiger charge is 2.43. The minimum absolute atomic E-state index is 0.191. The van der Waals surface area contributed by atoms with Crippen molar-refractivity contribution in [1.29, 1.82) is 0 Å². The van der Waals surface area contributed by atoms with Crippen molar-refractivity contribution in [3.8, 4) is 0 Å². The molecule has 2 rings (SSSR count). The van der Waals surface area contributed by atoms with Crippen LogP contribution in [0.5, 0.6) is 0 Å². The molecule has 1 unspecified atom stereocenters. The zero-order chi connectivity index (χ0) is 11.1. The van der Waals surface area contributed by atoms with Crippen molar-refractivity contribution in [3.63, 3.8) is 0 Å². The van der Waals surface area contributed by atoms with Crippen molar-refractivity contribution >= 4 is 11.8 Å². The molecule has 1 aliphatic heterocycles. The molecule has 0 bridgehead atoms. The lowest BCUT2D eigenvalue weighted by Gasteiger charge is -2.20. The first-order valence-electron chi connectivity index (χ1n) is 4.94. The van der Waals surface area contributed by atoms with Crippen LogP contribution in [-0.2, 0) is 15.0 Å². The van der Waals surface area contributed by atoms with Crippen LogP contribution < -0.4 is 5.32 Å². The van der Waals surface area contributed by atoms with Crippen molar-refractivity contribution in [2.45, 2.75) is 25.7 Å². The zero-order valence-corrected chi connectivity index (χ0v) is 8.83. The standard InChI is InChI=1S/C12H13NO2/c1-8-4-3-5-9(6-8)12(2)7-10(14)13-11(12)15/h3-6H,7H2,1-2H3,(H,13,14,15). The molecule has 1 heterocycles. The van der Waals surface area contributed by atoms with E-state index in [4.69, 9.17) is 0 Å². The molecule has 0 radical (unpaired) electrons. The lowest BCUT2D eigenvalue weighted by atomic mass is 9.80. The maximum absolute atomic E-state index is 11.7. The number of aryl methyl sites for hydroxylation is 1. The van der Waals surface area contributed by atoms with Crippen LogP contribution in [0.25, 0.3) is 0 Å². The van der Waals surface area contributed by atoms with Gasteiger partial charge in [-0.05, 0) is 19.4 Å². The Morgan fingerprint density at radius 3 is 2.60 bits per heavy atom. The third kappa shape index (κ3) is 1.54. The Labute approximate surface area is 88.5 Å². The molecule has 1 aromatic carbocycles. The van der Waals surface area contributed by atoms with Gasteiger partial charge in [0.05, 0.1) is 5.41 Å². The molecule has 3 nitrogen and oxygen atoms in total. The first-order chi connectivity index (χ1) is 7.02. The summed E-state index contributed by atoms with van der Waals surface area (Å²) in [7, 11) is 0. The third-order valence-corrected chi connectivity index (χ3v) is 2.92. The van der Waals surface area contributed by atoms with Crippen molar-refractivity contribution < 1.29 is 9.59 Å². The minimum Gasteiger partial charge on any atom is -0.296 e. The molecule has 2 amide bonds. The molecule has 0 aliphatic carbocycles. The van der Waals surface area contributed by atoms with Crippen LogP contribution >= 0.6 is 0 Å². The number of benzene rings is 1. The predicted octanol–water partition coefficient (Wildman–Crippen LogP) is 1.30. The summed E-state index contributed by atoms with van der Waals surface area (Å²) in [4.78, 5) is 22.9. The Balaban J connectivity index is 2.46. The van der Waals surface area contributed by atoms with Crippen LogP contribution in [0, 0.1) is 6.92 Å². The number of imide groups is 1. The molecule has 0 spiro atoms. The molecule has 1 N–H and O–H groups in total. The van der Waals surface area contributed by atoms with Crippen LogP contribution in [0.3, 0.4) is 0 Å². The summed E-state index contributed by atoms with van der Waals surface area (Å²) in [5.74, 6) is -0.387. The van der Waals surface area contributed by atoms with Crippen molar-refractivity contribution in [1.82, 2.24) is 5.32 Å². The molecule has 1 fully saturated rings. The van der Waals surface area contributed by atoms with Gasteiger partial charge in [-0.2, -0.15) is 0 Å². The molecule has 15 heavy (non-hydrogen) atoms. The summed E-state index contributed by atoms with van der Waals surface area (Å²) in [6.45, 7) is 3.78. The number of hydrogen-bond acceptors (Lipinski definition) is 2. The van der Waals surface area contributed by atoms with Gasteiger partial charge >= 0.3 is 0 Å².